The monoisotopic (exact) mass is 254 g/mol. The van der Waals surface area contributed by atoms with Crippen LogP contribution in [0.5, 0.6) is 0 Å². The zero-order chi connectivity index (χ0) is 12.5. The van der Waals surface area contributed by atoms with E-state index in [9.17, 15) is 8.42 Å². The van der Waals surface area contributed by atoms with Gasteiger partial charge in [0.25, 0.3) is 0 Å². The van der Waals surface area contributed by atoms with Crippen molar-refractivity contribution < 1.29 is 8.42 Å². The minimum absolute atomic E-state index is 0.313. The van der Waals surface area contributed by atoms with Crippen LogP contribution in [0.15, 0.2) is 29.2 Å². The summed E-state index contributed by atoms with van der Waals surface area (Å²) in [4.78, 5) is 0.313. The Morgan fingerprint density at radius 2 is 1.88 bits per heavy atom. The molecule has 5 heteroatoms. The lowest BCUT2D eigenvalue weighted by atomic mass is 9.86. The molecule has 0 saturated heterocycles. The summed E-state index contributed by atoms with van der Waals surface area (Å²) in [5.41, 5.74) is 6.12. The summed E-state index contributed by atoms with van der Waals surface area (Å²) in [6, 6.07) is 6.35. The maximum absolute atomic E-state index is 12.2. The average molecular weight is 254 g/mol. The lowest BCUT2D eigenvalue weighted by molar-refractivity contribution is 0.263. The summed E-state index contributed by atoms with van der Waals surface area (Å²) < 4.78 is 25.9. The van der Waals surface area contributed by atoms with E-state index in [1.54, 1.807) is 31.3 Å². The van der Waals surface area contributed by atoms with Gasteiger partial charge in [-0.15, -0.1) is 0 Å². The van der Waals surface area contributed by atoms with Crippen LogP contribution in [0.1, 0.15) is 19.3 Å². The molecule has 2 N–H and O–H groups in total. The molecule has 4 nitrogen and oxygen atoms in total. The van der Waals surface area contributed by atoms with E-state index >= 15 is 0 Å². The van der Waals surface area contributed by atoms with E-state index < -0.39 is 10.0 Å². The second-order valence-corrected chi connectivity index (χ2v) is 6.70. The standard InChI is InChI=1S/C12H18N2O2S/c1-14(9-10-3-2-4-10)17(15,16)12-7-5-11(13)6-8-12/h5-8,10H,2-4,9,13H2,1H3. The van der Waals surface area contributed by atoms with E-state index in [0.717, 1.165) is 12.8 Å². The van der Waals surface area contributed by atoms with E-state index in [4.69, 9.17) is 5.73 Å². The van der Waals surface area contributed by atoms with Gasteiger partial charge < -0.3 is 5.73 Å². The normalized spacial score (nSPS) is 17.1. The van der Waals surface area contributed by atoms with Gasteiger partial charge in [-0.05, 0) is 43.0 Å². The first-order valence-electron chi connectivity index (χ1n) is 5.82. The average Bonchev–Trinajstić information content (AvgIpc) is 2.23. The van der Waals surface area contributed by atoms with E-state index in [1.165, 1.54) is 10.7 Å². The summed E-state index contributed by atoms with van der Waals surface area (Å²) in [5, 5.41) is 0. The zero-order valence-corrected chi connectivity index (χ0v) is 10.8. The molecular weight excluding hydrogens is 236 g/mol. The van der Waals surface area contributed by atoms with Crippen LogP contribution in [0.4, 0.5) is 5.69 Å². The molecule has 0 heterocycles. The highest BCUT2D eigenvalue weighted by Gasteiger charge is 2.26. The van der Waals surface area contributed by atoms with E-state index in [0.29, 0.717) is 23.0 Å². The van der Waals surface area contributed by atoms with Gasteiger partial charge in [0.15, 0.2) is 0 Å². The Hall–Kier alpha value is -1.07. The summed E-state index contributed by atoms with van der Waals surface area (Å²) in [7, 11) is -1.71. The zero-order valence-electron chi connectivity index (χ0n) is 9.96. The molecule has 1 aromatic rings. The Balaban J connectivity index is 2.13. The van der Waals surface area contributed by atoms with E-state index in [2.05, 4.69) is 0 Å². The van der Waals surface area contributed by atoms with Gasteiger partial charge in [0.2, 0.25) is 10.0 Å². The van der Waals surface area contributed by atoms with Crippen molar-refractivity contribution in [2.45, 2.75) is 24.2 Å². The molecule has 17 heavy (non-hydrogen) atoms. The number of anilines is 1. The van der Waals surface area contributed by atoms with Crippen LogP contribution < -0.4 is 5.73 Å². The van der Waals surface area contributed by atoms with Crippen molar-refractivity contribution in [3.05, 3.63) is 24.3 Å². The Kier molecular flexibility index (Phi) is 3.40. The fourth-order valence-corrected chi connectivity index (χ4v) is 3.20. The first kappa shape index (κ1) is 12.4. The van der Waals surface area contributed by atoms with Crippen molar-refractivity contribution in [2.75, 3.05) is 19.3 Å². The van der Waals surface area contributed by atoms with Gasteiger partial charge in [-0.2, -0.15) is 0 Å². The molecule has 1 saturated carbocycles. The van der Waals surface area contributed by atoms with Crippen molar-refractivity contribution in [3.63, 3.8) is 0 Å². The number of hydrogen-bond acceptors (Lipinski definition) is 3. The lowest BCUT2D eigenvalue weighted by Crippen LogP contribution is -2.34. The number of nitrogens with two attached hydrogens (primary N) is 1. The van der Waals surface area contributed by atoms with Gasteiger partial charge >= 0.3 is 0 Å². The van der Waals surface area contributed by atoms with Crippen LogP contribution in [0, 0.1) is 5.92 Å². The third-order valence-electron chi connectivity index (χ3n) is 3.33. The quantitative estimate of drug-likeness (QED) is 0.832. The largest absolute Gasteiger partial charge is 0.399 e. The number of rotatable bonds is 4. The number of nitrogens with zero attached hydrogens (tertiary/aromatic N) is 1. The second kappa shape index (κ2) is 4.66. The summed E-state index contributed by atoms with van der Waals surface area (Å²) in [5.74, 6) is 0.531. The van der Waals surface area contributed by atoms with Crippen LogP contribution in [0.3, 0.4) is 0 Å². The SMILES string of the molecule is CN(CC1CCC1)S(=O)(=O)c1ccc(N)cc1. The Bertz CT molecular complexity index is 478. The number of sulfonamides is 1. The molecular formula is C12H18N2O2S. The van der Waals surface area contributed by atoms with Crippen molar-refractivity contribution >= 4 is 15.7 Å². The predicted octanol–water partition coefficient (Wildman–Crippen LogP) is 1.69. The van der Waals surface area contributed by atoms with Gasteiger partial charge in [-0.3, -0.25) is 0 Å². The van der Waals surface area contributed by atoms with Crippen LogP contribution in [0.2, 0.25) is 0 Å². The Morgan fingerprint density at radius 3 is 2.35 bits per heavy atom. The smallest absolute Gasteiger partial charge is 0.242 e. The summed E-state index contributed by atoms with van der Waals surface area (Å²) in [6.07, 6.45) is 3.50. The Morgan fingerprint density at radius 1 is 1.29 bits per heavy atom. The van der Waals surface area contributed by atoms with Crippen LogP contribution in [-0.4, -0.2) is 26.3 Å². The third-order valence-corrected chi connectivity index (χ3v) is 5.17. The van der Waals surface area contributed by atoms with E-state index in [-0.39, 0.29) is 0 Å². The van der Waals surface area contributed by atoms with Crippen molar-refractivity contribution in [1.29, 1.82) is 0 Å². The van der Waals surface area contributed by atoms with Crippen molar-refractivity contribution in [1.82, 2.24) is 4.31 Å². The van der Waals surface area contributed by atoms with Gasteiger partial charge in [-0.25, -0.2) is 12.7 Å². The Labute approximate surface area is 102 Å². The summed E-state index contributed by atoms with van der Waals surface area (Å²) in [6.45, 7) is 0.618. The van der Waals surface area contributed by atoms with Crippen LogP contribution >= 0.6 is 0 Å². The molecule has 1 aliphatic carbocycles. The maximum Gasteiger partial charge on any atom is 0.242 e. The molecule has 0 aliphatic heterocycles. The van der Waals surface area contributed by atoms with Gasteiger partial charge in [-0.1, -0.05) is 6.42 Å². The van der Waals surface area contributed by atoms with E-state index in [1.807, 2.05) is 0 Å². The highest BCUT2D eigenvalue weighted by atomic mass is 32.2. The first-order chi connectivity index (χ1) is 8.00. The molecule has 1 aromatic carbocycles. The molecule has 0 spiro atoms. The molecule has 0 unspecified atom stereocenters. The topological polar surface area (TPSA) is 63.4 Å². The minimum Gasteiger partial charge on any atom is -0.399 e. The molecule has 0 bridgehead atoms. The number of benzene rings is 1. The molecule has 2 rings (SSSR count). The van der Waals surface area contributed by atoms with Crippen LogP contribution in [-0.2, 0) is 10.0 Å². The minimum atomic E-state index is -3.35. The van der Waals surface area contributed by atoms with Crippen molar-refractivity contribution in [3.8, 4) is 0 Å². The molecule has 0 atom stereocenters. The highest BCUT2D eigenvalue weighted by molar-refractivity contribution is 7.89. The second-order valence-electron chi connectivity index (χ2n) is 4.65. The molecule has 1 fully saturated rings. The van der Waals surface area contributed by atoms with Crippen LogP contribution in [0.25, 0.3) is 0 Å². The predicted molar refractivity (Wildman–Crippen MR) is 68.0 cm³/mol. The van der Waals surface area contributed by atoms with Gasteiger partial charge in [0.05, 0.1) is 4.90 Å². The number of hydrogen-bond donors (Lipinski definition) is 1. The maximum atomic E-state index is 12.2. The van der Waals surface area contributed by atoms with Crippen molar-refractivity contribution in [2.24, 2.45) is 5.92 Å². The third kappa shape index (κ3) is 2.61. The molecule has 0 amide bonds. The molecule has 94 valence electrons. The molecule has 1 aliphatic rings. The molecule has 0 radical (unpaired) electrons. The van der Waals surface area contributed by atoms with Gasteiger partial charge in [0, 0.05) is 19.3 Å². The van der Waals surface area contributed by atoms with Gasteiger partial charge in [0.1, 0.15) is 0 Å². The lowest BCUT2D eigenvalue weighted by Gasteiger charge is -2.29. The molecule has 0 aromatic heterocycles. The highest BCUT2D eigenvalue weighted by Crippen LogP contribution is 2.28. The summed E-state index contributed by atoms with van der Waals surface area (Å²) >= 11 is 0. The fraction of sp³-hybridized carbons (Fsp3) is 0.500. The fourth-order valence-electron chi connectivity index (χ4n) is 1.96. The first-order valence-corrected chi connectivity index (χ1v) is 7.26. The number of nitrogen functional groups attached to an aromatic ring is 1.